The standard InChI is InChI=1S/C22H24N4O5/c1-12(2)31-19-6-17-16(5-13(19)9-27)18(21-23-7-15(10-28)26-21)8-24-22(17)30-11-14-3-4-20(29)25-14/h5-9,12,14,28H,3-4,10-11H2,1-2H3,(H,23,26)(H,25,29). The number of benzene rings is 1. The number of H-pyrrole nitrogens is 1. The van der Waals surface area contributed by atoms with Gasteiger partial charge in [0.2, 0.25) is 11.8 Å². The van der Waals surface area contributed by atoms with Crippen molar-refractivity contribution < 1.29 is 24.2 Å². The fourth-order valence-electron chi connectivity index (χ4n) is 3.57. The number of aromatic nitrogens is 3. The molecule has 1 aliphatic heterocycles. The zero-order valence-electron chi connectivity index (χ0n) is 17.3. The number of aliphatic hydroxyl groups excluding tert-OH is 1. The minimum absolute atomic E-state index is 0.0162. The van der Waals surface area contributed by atoms with E-state index >= 15 is 0 Å². The molecular formula is C22H24N4O5. The zero-order valence-corrected chi connectivity index (χ0v) is 17.3. The number of imidazole rings is 1. The van der Waals surface area contributed by atoms with Crippen LogP contribution >= 0.6 is 0 Å². The number of pyridine rings is 1. The van der Waals surface area contributed by atoms with Crippen LogP contribution in [0.15, 0.2) is 24.5 Å². The molecule has 9 nitrogen and oxygen atoms in total. The van der Waals surface area contributed by atoms with Crippen LogP contribution in [0.2, 0.25) is 0 Å². The van der Waals surface area contributed by atoms with Crippen molar-refractivity contribution in [2.75, 3.05) is 6.61 Å². The van der Waals surface area contributed by atoms with Crippen LogP contribution in [0.3, 0.4) is 0 Å². The molecule has 0 bridgehead atoms. The van der Waals surface area contributed by atoms with Gasteiger partial charge in [-0.25, -0.2) is 9.97 Å². The molecule has 31 heavy (non-hydrogen) atoms. The number of nitrogens with one attached hydrogen (secondary N) is 2. The van der Waals surface area contributed by atoms with Gasteiger partial charge in [0.15, 0.2) is 6.29 Å². The second kappa shape index (κ2) is 8.73. The maximum absolute atomic E-state index is 11.7. The summed E-state index contributed by atoms with van der Waals surface area (Å²) in [6.45, 7) is 3.89. The number of fused-ring (bicyclic) bond motifs is 1. The summed E-state index contributed by atoms with van der Waals surface area (Å²) >= 11 is 0. The lowest BCUT2D eigenvalue weighted by Crippen LogP contribution is -2.31. The first-order valence-corrected chi connectivity index (χ1v) is 10.1. The monoisotopic (exact) mass is 424 g/mol. The summed E-state index contributed by atoms with van der Waals surface area (Å²) in [5.41, 5.74) is 1.63. The van der Waals surface area contributed by atoms with Crippen LogP contribution in [-0.2, 0) is 11.4 Å². The molecule has 0 saturated carbocycles. The third-order valence-electron chi connectivity index (χ3n) is 5.03. The number of carbonyl (C=O) groups is 2. The number of hydrogen-bond donors (Lipinski definition) is 3. The predicted molar refractivity (Wildman–Crippen MR) is 113 cm³/mol. The van der Waals surface area contributed by atoms with Crippen molar-refractivity contribution in [1.29, 1.82) is 0 Å². The number of rotatable bonds is 8. The SMILES string of the molecule is CC(C)Oc1cc2c(OCC3CCC(=O)N3)ncc(-c3ncc(CO)[nH]3)c2cc1C=O. The molecule has 1 fully saturated rings. The summed E-state index contributed by atoms with van der Waals surface area (Å²) in [6, 6.07) is 3.40. The van der Waals surface area contributed by atoms with Gasteiger partial charge in [0.25, 0.3) is 0 Å². The Morgan fingerprint density at radius 2 is 2.10 bits per heavy atom. The third kappa shape index (κ3) is 4.36. The highest BCUT2D eigenvalue weighted by atomic mass is 16.5. The molecule has 1 aromatic carbocycles. The van der Waals surface area contributed by atoms with E-state index in [-0.39, 0.29) is 24.7 Å². The van der Waals surface area contributed by atoms with E-state index in [2.05, 4.69) is 20.3 Å². The van der Waals surface area contributed by atoms with Gasteiger partial charge < -0.3 is 24.9 Å². The van der Waals surface area contributed by atoms with Crippen LogP contribution in [0.1, 0.15) is 42.7 Å². The second-order valence-corrected chi connectivity index (χ2v) is 7.73. The Morgan fingerprint density at radius 3 is 2.74 bits per heavy atom. The lowest BCUT2D eigenvalue weighted by atomic mass is 10.0. The number of aldehydes is 1. The van der Waals surface area contributed by atoms with Crippen LogP contribution < -0.4 is 14.8 Å². The first-order chi connectivity index (χ1) is 15.0. The maximum Gasteiger partial charge on any atom is 0.221 e. The molecule has 0 spiro atoms. The van der Waals surface area contributed by atoms with Gasteiger partial charge in [-0.05, 0) is 32.4 Å². The van der Waals surface area contributed by atoms with Crippen molar-refractivity contribution >= 4 is 23.0 Å². The molecule has 1 atom stereocenters. The van der Waals surface area contributed by atoms with Gasteiger partial charge in [0.05, 0.1) is 36.2 Å². The number of ether oxygens (including phenoxy) is 2. The van der Waals surface area contributed by atoms with Gasteiger partial charge in [-0.2, -0.15) is 0 Å². The second-order valence-electron chi connectivity index (χ2n) is 7.73. The molecule has 162 valence electrons. The Labute approximate surface area is 178 Å². The molecule has 3 N–H and O–H groups in total. The summed E-state index contributed by atoms with van der Waals surface area (Å²) in [7, 11) is 0. The summed E-state index contributed by atoms with van der Waals surface area (Å²) < 4.78 is 11.8. The molecule has 1 saturated heterocycles. The Bertz CT molecular complexity index is 1120. The summed E-state index contributed by atoms with van der Waals surface area (Å²) in [4.78, 5) is 35.0. The van der Waals surface area contributed by atoms with E-state index < -0.39 is 0 Å². The minimum Gasteiger partial charge on any atom is -0.490 e. The zero-order chi connectivity index (χ0) is 22.0. The van der Waals surface area contributed by atoms with Gasteiger partial charge in [-0.1, -0.05) is 0 Å². The number of amides is 1. The lowest BCUT2D eigenvalue weighted by molar-refractivity contribution is -0.119. The summed E-state index contributed by atoms with van der Waals surface area (Å²) in [5, 5.41) is 13.6. The Morgan fingerprint density at radius 1 is 1.26 bits per heavy atom. The largest absolute Gasteiger partial charge is 0.490 e. The molecule has 3 aromatic rings. The topological polar surface area (TPSA) is 126 Å². The van der Waals surface area contributed by atoms with Crippen molar-refractivity contribution in [2.45, 2.75) is 45.4 Å². The molecule has 0 radical (unpaired) electrons. The molecule has 1 amide bonds. The molecular weight excluding hydrogens is 400 g/mol. The van der Waals surface area contributed by atoms with Crippen LogP contribution in [0.5, 0.6) is 11.6 Å². The maximum atomic E-state index is 11.7. The quantitative estimate of drug-likeness (QED) is 0.474. The smallest absolute Gasteiger partial charge is 0.221 e. The highest BCUT2D eigenvalue weighted by Gasteiger charge is 2.23. The van der Waals surface area contributed by atoms with Crippen LogP contribution in [0.4, 0.5) is 0 Å². The van der Waals surface area contributed by atoms with Crippen LogP contribution in [0.25, 0.3) is 22.2 Å². The van der Waals surface area contributed by atoms with E-state index in [1.807, 2.05) is 13.8 Å². The van der Waals surface area contributed by atoms with Crippen molar-refractivity contribution in [2.24, 2.45) is 0 Å². The fourth-order valence-corrected chi connectivity index (χ4v) is 3.57. The Kier molecular flexibility index (Phi) is 5.85. The van der Waals surface area contributed by atoms with Crippen molar-refractivity contribution in [3.05, 3.63) is 35.8 Å². The van der Waals surface area contributed by atoms with E-state index in [0.29, 0.717) is 64.5 Å². The van der Waals surface area contributed by atoms with Gasteiger partial charge in [0, 0.05) is 29.0 Å². The molecule has 4 rings (SSSR count). The van der Waals surface area contributed by atoms with Gasteiger partial charge in [-0.3, -0.25) is 9.59 Å². The van der Waals surface area contributed by atoms with Gasteiger partial charge in [-0.15, -0.1) is 0 Å². The molecule has 3 heterocycles. The van der Waals surface area contributed by atoms with E-state index in [4.69, 9.17) is 9.47 Å². The number of carbonyl (C=O) groups excluding carboxylic acids is 2. The van der Waals surface area contributed by atoms with Gasteiger partial charge >= 0.3 is 0 Å². The summed E-state index contributed by atoms with van der Waals surface area (Å²) in [5.74, 6) is 1.35. The van der Waals surface area contributed by atoms with E-state index in [1.165, 1.54) is 0 Å². The highest BCUT2D eigenvalue weighted by Crippen LogP contribution is 2.36. The third-order valence-corrected chi connectivity index (χ3v) is 5.03. The lowest BCUT2D eigenvalue weighted by Gasteiger charge is -2.17. The molecule has 1 aliphatic rings. The van der Waals surface area contributed by atoms with E-state index in [0.717, 1.165) is 6.29 Å². The molecule has 0 aliphatic carbocycles. The number of aliphatic hydroxyl groups is 1. The van der Waals surface area contributed by atoms with Crippen LogP contribution in [-0.4, -0.2) is 51.0 Å². The number of nitrogens with zero attached hydrogens (tertiary/aromatic N) is 2. The number of aromatic amines is 1. The van der Waals surface area contributed by atoms with Crippen LogP contribution in [0, 0.1) is 0 Å². The fraction of sp³-hybridized carbons (Fsp3) is 0.364. The van der Waals surface area contributed by atoms with E-state index in [1.54, 1.807) is 24.5 Å². The molecule has 9 heteroatoms. The predicted octanol–water partition coefficient (Wildman–Crippen LogP) is 2.37. The van der Waals surface area contributed by atoms with Crippen molar-refractivity contribution in [3.8, 4) is 23.0 Å². The average Bonchev–Trinajstić information content (AvgIpc) is 3.40. The molecule has 1 unspecified atom stereocenters. The van der Waals surface area contributed by atoms with Gasteiger partial charge in [0.1, 0.15) is 18.2 Å². The minimum atomic E-state index is -0.168. The number of hydrogen-bond acceptors (Lipinski definition) is 7. The average molecular weight is 424 g/mol. The first kappa shape index (κ1) is 20.8. The van der Waals surface area contributed by atoms with Crippen molar-refractivity contribution in [3.63, 3.8) is 0 Å². The first-order valence-electron chi connectivity index (χ1n) is 10.1. The highest BCUT2D eigenvalue weighted by molar-refractivity contribution is 6.02. The normalized spacial score (nSPS) is 16.0. The molecule has 2 aromatic heterocycles. The summed E-state index contributed by atoms with van der Waals surface area (Å²) in [6.07, 6.45) is 4.98. The Hall–Kier alpha value is -3.46. The Balaban J connectivity index is 1.80. The van der Waals surface area contributed by atoms with E-state index in [9.17, 15) is 14.7 Å². The van der Waals surface area contributed by atoms with Crippen molar-refractivity contribution in [1.82, 2.24) is 20.3 Å².